The van der Waals surface area contributed by atoms with Gasteiger partial charge in [-0.15, -0.1) is 0 Å². The summed E-state index contributed by atoms with van der Waals surface area (Å²) in [7, 11) is 0. The molecule has 0 unspecified atom stereocenters. The summed E-state index contributed by atoms with van der Waals surface area (Å²) in [6.07, 6.45) is 7.03. The van der Waals surface area contributed by atoms with E-state index in [2.05, 4.69) is 0 Å². The van der Waals surface area contributed by atoms with E-state index in [1.165, 1.54) is 12.7 Å². The zero-order valence-electron chi connectivity index (χ0n) is 19.0. The number of amides is 1. The summed E-state index contributed by atoms with van der Waals surface area (Å²) < 4.78 is 6.84. The number of hydrogen-bond donors (Lipinski definition) is 0. The van der Waals surface area contributed by atoms with Gasteiger partial charge < -0.3 is 18.8 Å². The maximum absolute atomic E-state index is 13.5. The van der Waals surface area contributed by atoms with Crippen LogP contribution in [0.25, 0.3) is 10.9 Å². The summed E-state index contributed by atoms with van der Waals surface area (Å²) in [5, 5.41) is 12.9. The first-order valence-electron chi connectivity index (χ1n) is 11.9. The molecule has 0 spiro atoms. The Morgan fingerprint density at radius 3 is 2.44 bits per heavy atom. The van der Waals surface area contributed by atoms with Crippen molar-refractivity contribution in [1.82, 2.24) is 9.47 Å². The molecule has 2 fully saturated rings. The Morgan fingerprint density at radius 1 is 1.03 bits per heavy atom. The lowest BCUT2D eigenvalue weighted by Gasteiger charge is -2.36. The van der Waals surface area contributed by atoms with E-state index in [4.69, 9.17) is 4.42 Å². The molecule has 5 rings (SSSR count). The average molecular weight is 465 g/mol. The highest BCUT2D eigenvalue weighted by molar-refractivity contribution is 5.97. The molecule has 9 nitrogen and oxygen atoms in total. The summed E-state index contributed by atoms with van der Waals surface area (Å²) in [4.78, 5) is 41.3. The summed E-state index contributed by atoms with van der Waals surface area (Å²) in [5.41, 5.74) is 0.169. The molecule has 1 saturated carbocycles. The van der Waals surface area contributed by atoms with Gasteiger partial charge in [0.15, 0.2) is 5.76 Å². The first-order chi connectivity index (χ1) is 16.5. The molecule has 1 saturated heterocycles. The van der Waals surface area contributed by atoms with Gasteiger partial charge >= 0.3 is 11.2 Å². The van der Waals surface area contributed by atoms with Crippen LogP contribution in [0.2, 0.25) is 0 Å². The number of furan rings is 1. The lowest BCUT2D eigenvalue weighted by atomic mass is 9.89. The predicted molar refractivity (Wildman–Crippen MR) is 128 cm³/mol. The Bertz CT molecular complexity index is 1250. The number of carbonyl (C=O) groups is 1. The van der Waals surface area contributed by atoms with Gasteiger partial charge in [0.25, 0.3) is 5.91 Å². The molecule has 2 aliphatic rings. The first-order valence-corrected chi connectivity index (χ1v) is 11.9. The van der Waals surface area contributed by atoms with Crippen LogP contribution in [0.3, 0.4) is 0 Å². The maximum Gasteiger partial charge on any atom is 0.357 e. The van der Waals surface area contributed by atoms with Crippen molar-refractivity contribution < 1.29 is 14.1 Å². The fourth-order valence-corrected chi connectivity index (χ4v) is 5.36. The van der Waals surface area contributed by atoms with Crippen molar-refractivity contribution in [3.8, 4) is 0 Å². The van der Waals surface area contributed by atoms with E-state index >= 15 is 0 Å². The number of pyridine rings is 1. The van der Waals surface area contributed by atoms with Gasteiger partial charge in [0.1, 0.15) is 5.69 Å². The Labute approximate surface area is 196 Å². The van der Waals surface area contributed by atoms with E-state index in [1.807, 2.05) is 29.2 Å². The zero-order valence-corrected chi connectivity index (χ0v) is 19.0. The number of hydrogen-bond acceptors (Lipinski definition) is 6. The number of nitrogens with zero attached hydrogens (tertiary/aromatic N) is 4. The standard InChI is InChI=1S/C25H28N4O5/c30-24(21-11-6-16-34-21)27-14-12-26(13-15-27)22-19-9-4-5-10-20(19)28(25(31)23(22)29(32)33)17-18-7-2-1-3-8-18/h4-6,9-11,16,18H,1-3,7-8,12-15,17H2. The van der Waals surface area contributed by atoms with E-state index < -0.39 is 10.5 Å². The van der Waals surface area contributed by atoms with Crippen LogP contribution in [-0.2, 0) is 6.54 Å². The molecular weight excluding hydrogens is 436 g/mol. The van der Waals surface area contributed by atoms with Crippen LogP contribution in [0.1, 0.15) is 42.7 Å². The van der Waals surface area contributed by atoms with Gasteiger partial charge in [-0.25, -0.2) is 0 Å². The van der Waals surface area contributed by atoms with Crippen LogP contribution >= 0.6 is 0 Å². The lowest BCUT2D eigenvalue weighted by Crippen LogP contribution is -2.49. The van der Waals surface area contributed by atoms with Gasteiger partial charge in [-0.2, -0.15) is 0 Å². The molecule has 1 aliphatic heterocycles. The van der Waals surface area contributed by atoms with Gasteiger partial charge in [0, 0.05) is 38.1 Å². The van der Waals surface area contributed by atoms with Crippen molar-refractivity contribution in [2.24, 2.45) is 5.92 Å². The minimum Gasteiger partial charge on any atom is -0.459 e. The number of nitro groups is 1. The van der Waals surface area contributed by atoms with Crippen LogP contribution in [0, 0.1) is 16.0 Å². The average Bonchev–Trinajstić information content (AvgIpc) is 3.40. The predicted octanol–water partition coefficient (Wildman–Crippen LogP) is 4.05. The molecule has 0 atom stereocenters. The van der Waals surface area contributed by atoms with Crippen molar-refractivity contribution in [3.05, 3.63) is 68.9 Å². The van der Waals surface area contributed by atoms with E-state index in [1.54, 1.807) is 21.6 Å². The second kappa shape index (κ2) is 9.32. The highest BCUT2D eigenvalue weighted by Crippen LogP contribution is 2.35. The molecule has 0 N–H and O–H groups in total. The molecule has 0 radical (unpaired) electrons. The second-order valence-corrected chi connectivity index (χ2v) is 9.15. The minimum atomic E-state index is -0.543. The van der Waals surface area contributed by atoms with Crippen LogP contribution in [0.5, 0.6) is 0 Å². The van der Waals surface area contributed by atoms with Crippen LogP contribution in [0.4, 0.5) is 11.4 Å². The number of aromatic nitrogens is 1. The molecule has 1 amide bonds. The Hall–Kier alpha value is -3.62. The molecule has 1 aliphatic carbocycles. The Kier molecular flexibility index (Phi) is 6.08. The van der Waals surface area contributed by atoms with Gasteiger partial charge in [-0.3, -0.25) is 19.7 Å². The van der Waals surface area contributed by atoms with Crippen molar-refractivity contribution in [3.63, 3.8) is 0 Å². The zero-order chi connectivity index (χ0) is 23.7. The Morgan fingerprint density at radius 2 is 1.76 bits per heavy atom. The number of benzene rings is 1. The third-order valence-electron chi connectivity index (χ3n) is 7.09. The van der Waals surface area contributed by atoms with Gasteiger partial charge in [-0.1, -0.05) is 37.5 Å². The normalized spacial score (nSPS) is 17.3. The van der Waals surface area contributed by atoms with Gasteiger partial charge in [-0.05, 0) is 37.0 Å². The van der Waals surface area contributed by atoms with Gasteiger partial charge in [0.05, 0.1) is 16.7 Å². The molecule has 3 heterocycles. The third kappa shape index (κ3) is 4.06. The second-order valence-electron chi connectivity index (χ2n) is 9.15. The number of carbonyl (C=O) groups excluding carboxylic acids is 1. The topological polar surface area (TPSA) is 102 Å². The highest BCUT2D eigenvalue weighted by Gasteiger charge is 2.33. The summed E-state index contributed by atoms with van der Waals surface area (Å²) in [5.74, 6) is 0.429. The highest BCUT2D eigenvalue weighted by atomic mass is 16.6. The van der Waals surface area contributed by atoms with Crippen molar-refractivity contribution >= 4 is 28.2 Å². The number of para-hydroxylation sites is 1. The van der Waals surface area contributed by atoms with Crippen molar-refractivity contribution in [2.45, 2.75) is 38.6 Å². The Balaban J connectivity index is 1.51. The van der Waals surface area contributed by atoms with E-state index in [-0.39, 0.29) is 17.4 Å². The SMILES string of the molecule is O=C(c1ccco1)N1CCN(c2c([N+](=O)[O-])c(=O)n(CC3CCCCC3)c3ccccc23)CC1. The molecule has 2 aromatic heterocycles. The molecule has 0 bridgehead atoms. The van der Waals surface area contributed by atoms with Crippen molar-refractivity contribution in [1.29, 1.82) is 0 Å². The monoisotopic (exact) mass is 464 g/mol. The molecular formula is C25H28N4O5. The van der Waals surface area contributed by atoms with E-state index in [0.717, 1.165) is 31.2 Å². The number of piperazine rings is 1. The fraction of sp³-hybridized carbons (Fsp3) is 0.440. The summed E-state index contributed by atoms with van der Waals surface area (Å²) in [6.45, 7) is 2.06. The van der Waals surface area contributed by atoms with Crippen LogP contribution in [-0.4, -0.2) is 46.5 Å². The fourth-order valence-electron chi connectivity index (χ4n) is 5.36. The molecule has 9 heteroatoms. The summed E-state index contributed by atoms with van der Waals surface area (Å²) in [6, 6.07) is 10.7. The smallest absolute Gasteiger partial charge is 0.357 e. The first kappa shape index (κ1) is 22.2. The van der Waals surface area contributed by atoms with E-state index in [9.17, 15) is 19.7 Å². The van der Waals surface area contributed by atoms with Crippen LogP contribution in [0.15, 0.2) is 51.9 Å². The van der Waals surface area contributed by atoms with Crippen molar-refractivity contribution in [2.75, 3.05) is 31.1 Å². The molecule has 178 valence electrons. The molecule has 1 aromatic carbocycles. The number of fused-ring (bicyclic) bond motifs is 1. The quantitative estimate of drug-likeness (QED) is 0.417. The van der Waals surface area contributed by atoms with Crippen LogP contribution < -0.4 is 10.5 Å². The minimum absolute atomic E-state index is 0.202. The maximum atomic E-state index is 13.5. The van der Waals surface area contributed by atoms with E-state index in [0.29, 0.717) is 49.7 Å². The molecule has 34 heavy (non-hydrogen) atoms. The number of rotatable bonds is 5. The van der Waals surface area contributed by atoms with Gasteiger partial charge in [0.2, 0.25) is 0 Å². The third-order valence-corrected chi connectivity index (χ3v) is 7.09. The lowest BCUT2D eigenvalue weighted by molar-refractivity contribution is -0.385. The molecule has 3 aromatic rings. The summed E-state index contributed by atoms with van der Waals surface area (Å²) >= 11 is 0. The number of anilines is 1. The largest absolute Gasteiger partial charge is 0.459 e.